The Balaban J connectivity index is 1.46. The summed E-state index contributed by atoms with van der Waals surface area (Å²) in [7, 11) is 1.59. The Kier molecular flexibility index (Phi) is 5.89. The van der Waals surface area contributed by atoms with E-state index in [4.69, 9.17) is 15.5 Å². The van der Waals surface area contributed by atoms with Gasteiger partial charge in [0.05, 0.1) is 18.2 Å². The zero-order valence-electron chi connectivity index (χ0n) is 19.4. The van der Waals surface area contributed by atoms with Crippen molar-refractivity contribution in [1.82, 2.24) is 29.3 Å². The van der Waals surface area contributed by atoms with Gasteiger partial charge in [-0.3, -0.25) is 4.57 Å². The number of hydrogen-bond acceptors (Lipinski definition) is 6. The van der Waals surface area contributed by atoms with Gasteiger partial charge >= 0.3 is 0 Å². The van der Waals surface area contributed by atoms with E-state index >= 15 is 0 Å². The second-order valence-corrected chi connectivity index (χ2v) is 8.59. The first-order valence-corrected chi connectivity index (χ1v) is 11.3. The Hall–Kier alpha value is -3.92. The fraction of sp³-hybridized carbons (Fsp3) is 0.280. The zero-order chi connectivity index (χ0) is 24.6. The van der Waals surface area contributed by atoms with Gasteiger partial charge in [0.25, 0.3) is 0 Å². The van der Waals surface area contributed by atoms with Crippen molar-refractivity contribution in [2.24, 2.45) is 5.73 Å². The maximum Gasteiger partial charge on any atom is 0.180 e. The Labute approximate surface area is 201 Å². The Morgan fingerprint density at radius 1 is 1.17 bits per heavy atom. The normalized spacial score (nSPS) is 17.6. The molecule has 1 aromatic carbocycles. The molecular formula is C25H25F2N7O. The van der Waals surface area contributed by atoms with Crippen LogP contribution in [0.1, 0.15) is 41.3 Å². The molecule has 8 nitrogen and oxygen atoms in total. The molecule has 10 heteroatoms. The summed E-state index contributed by atoms with van der Waals surface area (Å²) in [6.07, 6.45) is 10.4. The van der Waals surface area contributed by atoms with Crippen LogP contribution in [-0.2, 0) is 12.0 Å². The molecule has 4 aromatic rings. The fourth-order valence-electron chi connectivity index (χ4n) is 4.56. The monoisotopic (exact) mass is 477 g/mol. The predicted octanol–water partition coefficient (Wildman–Crippen LogP) is 3.66. The van der Waals surface area contributed by atoms with Gasteiger partial charge in [0.15, 0.2) is 29.0 Å². The number of imidazole rings is 1. The van der Waals surface area contributed by atoms with Crippen molar-refractivity contribution in [3.63, 3.8) is 0 Å². The van der Waals surface area contributed by atoms with Crippen molar-refractivity contribution in [3.05, 3.63) is 83.1 Å². The van der Waals surface area contributed by atoms with Crippen LogP contribution in [-0.4, -0.2) is 43.0 Å². The van der Waals surface area contributed by atoms with Gasteiger partial charge in [-0.15, -0.1) is 0 Å². The van der Waals surface area contributed by atoms with Crippen LogP contribution in [0.4, 0.5) is 8.78 Å². The van der Waals surface area contributed by atoms with E-state index in [1.165, 1.54) is 6.07 Å². The first-order valence-electron chi connectivity index (χ1n) is 11.3. The van der Waals surface area contributed by atoms with Crippen LogP contribution >= 0.6 is 0 Å². The number of aryl methyl sites for hydroxylation is 2. The molecule has 0 aliphatic carbocycles. The SMILES string of the molecule is COc1cc(/C=C/c2nc3n(n2)CCC[C@]3(CN)c2ccc(F)c(F)c2)cnc1-n1cnc(C)c1. The average molecular weight is 478 g/mol. The molecule has 0 radical (unpaired) electrons. The summed E-state index contributed by atoms with van der Waals surface area (Å²) in [6.45, 7) is 2.79. The largest absolute Gasteiger partial charge is 0.493 e. The van der Waals surface area contributed by atoms with Crippen LogP contribution in [0.15, 0.2) is 43.0 Å². The molecule has 1 aliphatic heterocycles. The summed E-state index contributed by atoms with van der Waals surface area (Å²) in [6, 6.07) is 5.79. The first kappa shape index (κ1) is 22.9. The lowest BCUT2D eigenvalue weighted by molar-refractivity contribution is 0.339. The number of nitrogens with zero attached hydrogens (tertiary/aromatic N) is 6. The molecule has 0 bridgehead atoms. The molecule has 4 heterocycles. The number of nitrogens with two attached hydrogens (primary N) is 1. The summed E-state index contributed by atoms with van der Waals surface area (Å²) in [4.78, 5) is 13.5. The predicted molar refractivity (Wildman–Crippen MR) is 127 cm³/mol. The van der Waals surface area contributed by atoms with Crippen molar-refractivity contribution in [2.75, 3.05) is 13.7 Å². The smallest absolute Gasteiger partial charge is 0.180 e. The topological polar surface area (TPSA) is 96.7 Å². The summed E-state index contributed by atoms with van der Waals surface area (Å²) in [5.41, 5.74) is 7.75. The molecule has 0 spiro atoms. The third-order valence-corrected chi connectivity index (χ3v) is 6.37. The highest BCUT2D eigenvalue weighted by molar-refractivity contribution is 5.67. The number of methoxy groups -OCH3 is 1. The summed E-state index contributed by atoms with van der Waals surface area (Å²) >= 11 is 0. The minimum Gasteiger partial charge on any atom is -0.493 e. The van der Waals surface area contributed by atoms with E-state index in [9.17, 15) is 8.78 Å². The standard InChI is InChI=1S/C25H25F2N7O/c1-16-13-33(15-30-16)23-21(35-2)10-17(12-29-23)4-7-22-31-24-25(14-28,8-3-9-34(24)32-22)18-5-6-19(26)20(27)11-18/h4-7,10-13,15H,3,8-9,14,28H2,1-2H3/b7-4+/t25-/m0/s1. The zero-order valence-corrected chi connectivity index (χ0v) is 19.4. The molecule has 180 valence electrons. The molecule has 35 heavy (non-hydrogen) atoms. The first-order chi connectivity index (χ1) is 16.9. The minimum atomic E-state index is -0.900. The summed E-state index contributed by atoms with van der Waals surface area (Å²) < 4.78 is 36.7. The van der Waals surface area contributed by atoms with Crippen LogP contribution in [0.3, 0.4) is 0 Å². The van der Waals surface area contributed by atoms with Gasteiger partial charge < -0.3 is 10.5 Å². The molecule has 1 aliphatic rings. The number of fused-ring (bicyclic) bond motifs is 1. The number of ether oxygens (including phenoxy) is 1. The lowest BCUT2D eigenvalue weighted by Crippen LogP contribution is -2.42. The quantitative estimate of drug-likeness (QED) is 0.455. The van der Waals surface area contributed by atoms with Gasteiger partial charge in [-0.2, -0.15) is 5.10 Å². The van der Waals surface area contributed by atoms with Crippen LogP contribution in [0.5, 0.6) is 5.75 Å². The highest BCUT2D eigenvalue weighted by atomic mass is 19.2. The van der Waals surface area contributed by atoms with Crippen molar-refractivity contribution >= 4 is 12.2 Å². The van der Waals surface area contributed by atoms with Gasteiger partial charge in [0, 0.05) is 25.5 Å². The molecule has 1 atom stereocenters. The van der Waals surface area contributed by atoms with E-state index < -0.39 is 17.0 Å². The maximum atomic E-state index is 14.0. The molecular weight excluding hydrogens is 452 g/mol. The van der Waals surface area contributed by atoms with E-state index in [1.807, 2.05) is 25.3 Å². The van der Waals surface area contributed by atoms with Crippen molar-refractivity contribution in [1.29, 1.82) is 0 Å². The number of benzene rings is 1. The van der Waals surface area contributed by atoms with E-state index in [0.717, 1.165) is 23.7 Å². The molecule has 0 fully saturated rings. The Bertz CT molecular complexity index is 1410. The molecule has 0 unspecified atom stereocenters. The van der Waals surface area contributed by atoms with Crippen molar-refractivity contribution < 1.29 is 13.5 Å². The third kappa shape index (κ3) is 4.10. The Morgan fingerprint density at radius 3 is 2.74 bits per heavy atom. The van der Waals surface area contributed by atoms with Crippen LogP contribution in [0.25, 0.3) is 18.0 Å². The van der Waals surface area contributed by atoms with Gasteiger partial charge in [0.2, 0.25) is 0 Å². The third-order valence-electron chi connectivity index (χ3n) is 6.37. The van der Waals surface area contributed by atoms with Crippen molar-refractivity contribution in [3.8, 4) is 11.6 Å². The highest BCUT2D eigenvalue weighted by Crippen LogP contribution is 2.39. The second kappa shape index (κ2) is 9.03. The number of rotatable bonds is 6. The summed E-state index contributed by atoms with van der Waals surface area (Å²) in [5.74, 6) is 0.596. The van der Waals surface area contributed by atoms with Crippen molar-refractivity contribution in [2.45, 2.75) is 31.7 Å². The maximum absolute atomic E-state index is 14.0. The molecule has 0 amide bonds. The lowest BCUT2D eigenvalue weighted by Gasteiger charge is -2.35. The number of hydrogen-bond donors (Lipinski definition) is 1. The molecule has 5 rings (SSSR count). The van der Waals surface area contributed by atoms with Crippen LogP contribution < -0.4 is 10.5 Å². The van der Waals surface area contributed by atoms with Gasteiger partial charge in [-0.25, -0.2) is 28.4 Å². The average Bonchev–Trinajstić information content (AvgIpc) is 3.50. The summed E-state index contributed by atoms with van der Waals surface area (Å²) in [5, 5.41) is 4.62. The fourth-order valence-corrected chi connectivity index (χ4v) is 4.56. The number of halogens is 2. The van der Waals surface area contributed by atoms with E-state index in [-0.39, 0.29) is 6.54 Å². The van der Waals surface area contributed by atoms with Gasteiger partial charge in [-0.1, -0.05) is 6.07 Å². The van der Waals surface area contributed by atoms with Gasteiger partial charge in [0.1, 0.15) is 12.2 Å². The molecule has 0 saturated carbocycles. The molecule has 2 N–H and O–H groups in total. The lowest BCUT2D eigenvalue weighted by atomic mass is 9.74. The Morgan fingerprint density at radius 2 is 2.03 bits per heavy atom. The second-order valence-electron chi connectivity index (χ2n) is 8.59. The van der Waals surface area contributed by atoms with Crippen LogP contribution in [0, 0.1) is 18.6 Å². The molecule has 0 saturated heterocycles. The van der Waals surface area contributed by atoms with E-state index in [2.05, 4.69) is 15.1 Å². The molecule has 3 aromatic heterocycles. The number of pyridine rings is 1. The highest BCUT2D eigenvalue weighted by Gasteiger charge is 2.40. The van der Waals surface area contributed by atoms with E-state index in [1.54, 1.807) is 41.0 Å². The van der Waals surface area contributed by atoms with E-state index in [0.29, 0.717) is 41.7 Å². The van der Waals surface area contributed by atoms with Gasteiger partial charge in [-0.05, 0) is 61.2 Å². The minimum absolute atomic E-state index is 0.205. The number of aromatic nitrogens is 6. The van der Waals surface area contributed by atoms with Crippen LogP contribution in [0.2, 0.25) is 0 Å².